The molecule has 0 saturated heterocycles. The third-order valence-electron chi connectivity index (χ3n) is 8.85. The predicted octanol–water partition coefficient (Wildman–Crippen LogP) is 12.9. The van der Waals surface area contributed by atoms with Crippen molar-refractivity contribution in [1.82, 2.24) is 0 Å². The highest BCUT2D eigenvalue weighted by atomic mass is 32.1. The summed E-state index contributed by atoms with van der Waals surface area (Å²) in [6, 6.07) is 50.5. The highest BCUT2D eigenvalue weighted by Crippen LogP contribution is 2.46. The summed E-state index contributed by atoms with van der Waals surface area (Å²) in [5.41, 5.74) is 5.05. The van der Waals surface area contributed by atoms with Crippen molar-refractivity contribution in [3.63, 3.8) is 0 Å². The van der Waals surface area contributed by atoms with Crippen LogP contribution in [0.2, 0.25) is 0 Å². The molecule has 0 amide bonds. The second-order valence-corrected chi connectivity index (χ2v) is 13.5. The third kappa shape index (κ3) is 3.47. The number of rotatable bonds is 3. The van der Waals surface area contributed by atoms with Crippen molar-refractivity contribution in [2.45, 2.75) is 0 Å². The number of para-hydroxylation sites is 1. The summed E-state index contributed by atoms with van der Waals surface area (Å²) < 4.78 is 11.9. The highest BCUT2D eigenvalue weighted by Gasteiger charge is 2.22. The number of hydrogen-bond acceptors (Lipinski definition) is 4. The molecule has 3 heterocycles. The van der Waals surface area contributed by atoms with Crippen LogP contribution in [-0.4, -0.2) is 0 Å². The van der Waals surface area contributed by atoms with E-state index >= 15 is 0 Å². The Morgan fingerprint density at radius 1 is 0.432 bits per heavy atom. The molecule has 7 aromatic carbocycles. The number of anilines is 3. The van der Waals surface area contributed by atoms with Crippen LogP contribution in [0.5, 0.6) is 0 Å². The van der Waals surface area contributed by atoms with E-state index in [-0.39, 0.29) is 0 Å². The van der Waals surface area contributed by atoms with Crippen LogP contribution in [0.4, 0.5) is 17.1 Å². The molecular weight excluding hydrogens is 575 g/mol. The minimum atomic E-state index is 0.894. The van der Waals surface area contributed by atoms with Gasteiger partial charge in [0.1, 0.15) is 5.58 Å². The zero-order valence-electron chi connectivity index (χ0n) is 23.5. The normalized spacial score (nSPS) is 12.1. The van der Waals surface area contributed by atoms with Crippen LogP contribution >= 0.6 is 22.7 Å². The molecular formula is C40H23NOS2. The van der Waals surface area contributed by atoms with Gasteiger partial charge in [-0.15, -0.1) is 22.7 Å². The van der Waals surface area contributed by atoms with Crippen LogP contribution in [0.1, 0.15) is 0 Å². The lowest BCUT2D eigenvalue weighted by molar-refractivity contribution is 0.669. The Labute approximate surface area is 260 Å². The lowest BCUT2D eigenvalue weighted by Crippen LogP contribution is -2.10. The van der Waals surface area contributed by atoms with Crippen molar-refractivity contribution in [2.75, 3.05) is 4.90 Å². The molecule has 0 fully saturated rings. The molecule has 10 rings (SSSR count). The van der Waals surface area contributed by atoms with Gasteiger partial charge in [0, 0.05) is 62.5 Å². The van der Waals surface area contributed by atoms with Gasteiger partial charge in [-0.05, 0) is 65.4 Å². The SMILES string of the molecule is c1ccc2c(c1)ccc1oc3c(N(c4ccc5c(c4)sc4ccccc45)c4ccc5sc6ccccc6c5c4)cccc3c12. The Balaban J connectivity index is 1.28. The maximum absolute atomic E-state index is 6.76. The van der Waals surface area contributed by atoms with Gasteiger partial charge >= 0.3 is 0 Å². The van der Waals surface area contributed by atoms with Crippen molar-refractivity contribution < 1.29 is 4.42 Å². The van der Waals surface area contributed by atoms with Gasteiger partial charge in [-0.1, -0.05) is 84.9 Å². The van der Waals surface area contributed by atoms with Crippen molar-refractivity contribution in [1.29, 1.82) is 0 Å². The van der Waals surface area contributed by atoms with Crippen molar-refractivity contribution in [2.24, 2.45) is 0 Å². The fourth-order valence-electron chi connectivity index (χ4n) is 6.86. The van der Waals surface area contributed by atoms with E-state index in [1.165, 1.54) is 56.5 Å². The van der Waals surface area contributed by atoms with Gasteiger partial charge in [0.25, 0.3) is 0 Å². The van der Waals surface area contributed by atoms with Crippen LogP contribution in [0.3, 0.4) is 0 Å². The summed E-state index contributed by atoms with van der Waals surface area (Å²) in [7, 11) is 0. The predicted molar refractivity (Wildman–Crippen MR) is 192 cm³/mol. The second kappa shape index (κ2) is 9.17. The number of thiophene rings is 2. The van der Waals surface area contributed by atoms with Crippen LogP contribution in [0.25, 0.3) is 73.1 Å². The Morgan fingerprint density at radius 2 is 1.07 bits per heavy atom. The van der Waals surface area contributed by atoms with Crippen LogP contribution in [0, 0.1) is 0 Å². The van der Waals surface area contributed by atoms with E-state index in [9.17, 15) is 0 Å². The fraction of sp³-hybridized carbons (Fsp3) is 0. The zero-order chi connectivity index (χ0) is 28.8. The standard InChI is InChI=1S/C40H23NOS2/c1-2-9-27-24(8-1)16-20-34-39(27)31-12-7-13-33(40(31)42-34)41(25-18-21-37-32(22-25)29-11-4-6-15-36(29)43-37)26-17-19-30-28-10-3-5-14-35(28)44-38(30)23-26/h1-23H. The van der Waals surface area contributed by atoms with E-state index in [2.05, 4.69) is 144 Å². The van der Waals surface area contributed by atoms with Gasteiger partial charge in [-0.3, -0.25) is 0 Å². The molecule has 0 bridgehead atoms. The topological polar surface area (TPSA) is 16.4 Å². The number of hydrogen-bond donors (Lipinski definition) is 0. The highest BCUT2D eigenvalue weighted by molar-refractivity contribution is 7.26. The van der Waals surface area contributed by atoms with Gasteiger partial charge in [0.05, 0.1) is 5.69 Å². The third-order valence-corrected chi connectivity index (χ3v) is 11.1. The summed E-state index contributed by atoms with van der Waals surface area (Å²) in [5.74, 6) is 0. The molecule has 0 aliphatic carbocycles. The maximum Gasteiger partial charge on any atom is 0.159 e. The van der Waals surface area contributed by atoms with E-state index in [4.69, 9.17) is 4.42 Å². The van der Waals surface area contributed by atoms with Gasteiger partial charge < -0.3 is 9.32 Å². The second-order valence-electron chi connectivity index (χ2n) is 11.3. The Kier molecular flexibility index (Phi) is 5.06. The van der Waals surface area contributed by atoms with E-state index < -0.39 is 0 Å². The summed E-state index contributed by atoms with van der Waals surface area (Å²) >= 11 is 3.70. The average molecular weight is 598 g/mol. The first-order valence-corrected chi connectivity index (χ1v) is 16.4. The first-order chi connectivity index (χ1) is 21.8. The van der Waals surface area contributed by atoms with Crippen LogP contribution in [-0.2, 0) is 0 Å². The molecule has 2 nitrogen and oxygen atoms in total. The molecule has 4 heteroatoms. The minimum Gasteiger partial charge on any atom is -0.454 e. The van der Waals surface area contributed by atoms with Gasteiger partial charge in [-0.2, -0.15) is 0 Å². The zero-order valence-corrected chi connectivity index (χ0v) is 25.1. The molecule has 0 atom stereocenters. The van der Waals surface area contributed by atoms with Gasteiger partial charge in [-0.25, -0.2) is 0 Å². The van der Waals surface area contributed by atoms with E-state index in [0.29, 0.717) is 0 Å². The van der Waals surface area contributed by atoms with Crippen molar-refractivity contribution >= 4 is 113 Å². The Bertz CT molecular complexity index is 2750. The van der Waals surface area contributed by atoms with Crippen LogP contribution < -0.4 is 4.90 Å². The summed E-state index contributed by atoms with van der Waals surface area (Å²) in [6.45, 7) is 0. The first-order valence-electron chi connectivity index (χ1n) is 14.8. The fourth-order valence-corrected chi connectivity index (χ4v) is 9.09. The van der Waals surface area contributed by atoms with Crippen molar-refractivity contribution in [3.8, 4) is 0 Å². The molecule has 206 valence electrons. The molecule has 0 radical (unpaired) electrons. The van der Waals surface area contributed by atoms with Gasteiger partial charge in [0.15, 0.2) is 5.58 Å². The Morgan fingerprint density at radius 3 is 1.93 bits per heavy atom. The lowest BCUT2D eigenvalue weighted by Gasteiger charge is -2.26. The number of furan rings is 1. The quantitative estimate of drug-likeness (QED) is 0.201. The molecule has 0 aliphatic heterocycles. The summed E-state index contributed by atoms with van der Waals surface area (Å²) in [4.78, 5) is 2.38. The number of fused-ring (bicyclic) bond motifs is 11. The molecule has 3 aromatic heterocycles. The van der Waals surface area contributed by atoms with E-state index in [1.807, 2.05) is 22.7 Å². The molecule has 44 heavy (non-hydrogen) atoms. The van der Waals surface area contributed by atoms with Crippen LogP contribution in [0.15, 0.2) is 144 Å². The van der Waals surface area contributed by atoms with Gasteiger partial charge in [0.2, 0.25) is 0 Å². The summed E-state index contributed by atoms with van der Waals surface area (Å²) in [6.07, 6.45) is 0. The lowest BCUT2D eigenvalue weighted by atomic mass is 10.0. The van der Waals surface area contributed by atoms with E-state index in [0.717, 1.165) is 33.6 Å². The van der Waals surface area contributed by atoms with E-state index in [1.54, 1.807) is 0 Å². The molecule has 0 N–H and O–H groups in total. The largest absolute Gasteiger partial charge is 0.454 e. The minimum absolute atomic E-state index is 0.894. The molecule has 0 spiro atoms. The number of benzene rings is 7. The molecule has 0 aliphatic rings. The summed E-state index contributed by atoms with van der Waals surface area (Å²) in [5, 5.41) is 9.90. The van der Waals surface area contributed by atoms with Crippen molar-refractivity contribution in [3.05, 3.63) is 140 Å². The monoisotopic (exact) mass is 597 g/mol. The first kappa shape index (κ1) is 24.3. The average Bonchev–Trinajstić information content (AvgIpc) is 3.76. The smallest absolute Gasteiger partial charge is 0.159 e. The number of nitrogens with zero attached hydrogens (tertiary/aromatic N) is 1. The molecule has 10 aromatic rings. The Hall–Kier alpha value is -5.16. The molecule has 0 unspecified atom stereocenters. The molecule has 0 saturated carbocycles. The maximum atomic E-state index is 6.76.